The summed E-state index contributed by atoms with van der Waals surface area (Å²) in [5.41, 5.74) is 1.34. The molecule has 0 radical (unpaired) electrons. The lowest BCUT2D eigenvalue weighted by Crippen LogP contribution is -2.59. The molecule has 0 amide bonds. The number of hydrogen-bond acceptors (Lipinski definition) is 3. The standard InChI is InChI=1S/C15H22N2O/c1-18-13-8-6-12(7-9-13)17-11-10-16-14-4-2-3-5-15(14)17/h6-9,14-16H,2-5,10-11H2,1H3. The zero-order valence-corrected chi connectivity index (χ0v) is 11.1. The molecule has 0 spiro atoms. The van der Waals surface area contributed by atoms with E-state index in [2.05, 4.69) is 34.5 Å². The van der Waals surface area contributed by atoms with Gasteiger partial charge in [-0.1, -0.05) is 12.8 Å². The average molecular weight is 246 g/mol. The zero-order chi connectivity index (χ0) is 12.4. The normalized spacial score (nSPS) is 27.7. The zero-order valence-electron chi connectivity index (χ0n) is 11.1. The van der Waals surface area contributed by atoms with E-state index in [9.17, 15) is 0 Å². The molecule has 3 heteroatoms. The molecule has 18 heavy (non-hydrogen) atoms. The number of benzene rings is 1. The second kappa shape index (κ2) is 5.19. The lowest BCUT2D eigenvalue weighted by Gasteiger charge is -2.46. The van der Waals surface area contributed by atoms with E-state index in [-0.39, 0.29) is 0 Å². The van der Waals surface area contributed by atoms with Gasteiger partial charge in [0.25, 0.3) is 0 Å². The minimum atomic E-state index is 0.681. The van der Waals surface area contributed by atoms with Crippen molar-refractivity contribution in [2.45, 2.75) is 37.8 Å². The second-order valence-electron chi connectivity index (χ2n) is 5.30. The Labute approximate surface area is 109 Å². The van der Waals surface area contributed by atoms with E-state index in [0.717, 1.165) is 18.8 Å². The average Bonchev–Trinajstić information content (AvgIpc) is 2.47. The third-order valence-corrected chi connectivity index (χ3v) is 4.29. The van der Waals surface area contributed by atoms with Crippen LogP contribution >= 0.6 is 0 Å². The Morgan fingerprint density at radius 3 is 2.72 bits per heavy atom. The van der Waals surface area contributed by atoms with Gasteiger partial charge in [-0.25, -0.2) is 0 Å². The fraction of sp³-hybridized carbons (Fsp3) is 0.600. The first-order valence-corrected chi connectivity index (χ1v) is 7.02. The van der Waals surface area contributed by atoms with Gasteiger partial charge in [0.2, 0.25) is 0 Å². The number of hydrogen-bond donors (Lipinski definition) is 1. The summed E-state index contributed by atoms with van der Waals surface area (Å²) in [7, 11) is 1.72. The molecule has 1 aliphatic carbocycles. The molecule has 1 heterocycles. The number of nitrogens with one attached hydrogen (secondary N) is 1. The van der Waals surface area contributed by atoms with Crippen LogP contribution in [-0.2, 0) is 0 Å². The molecule has 3 nitrogen and oxygen atoms in total. The summed E-state index contributed by atoms with van der Waals surface area (Å²) in [5.74, 6) is 0.939. The maximum Gasteiger partial charge on any atom is 0.119 e. The summed E-state index contributed by atoms with van der Waals surface area (Å²) in [6.07, 6.45) is 5.40. The Morgan fingerprint density at radius 1 is 1.17 bits per heavy atom. The van der Waals surface area contributed by atoms with Crippen molar-refractivity contribution in [3.05, 3.63) is 24.3 Å². The maximum atomic E-state index is 5.23. The highest BCUT2D eigenvalue weighted by molar-refractivity contribution is 5.51. The van der Waals surface area contributed by atoms with Gasteiger partial charge in [0.15, 0.2) is 0 Å². The molecule has 2 unspecified atom stereocenters. The molecule has 0 aromatic heterocycles. The smallest absolute Gasteiger partial charge is 0.119 e. The van der Waals surface area contributed by atoms with E-state index >= 15 is 0 Å². The highest BCUT2D eigenvalue weighted by Gasteiger charge is 2.32. The third-order valence-electron chi connectivity index (χ3n) is 4.29. The molecule has 1 saturated carbocycles. The summed E-state index contributed by atoms with van der Waals surface area (Å²) in [5, 5.41) is 3.68. The van der Waals surface area contributed by atoms with Crippen molar-refractivity contribution in [2.75, 3.05) is 25.1 Å². The SMILES string of the molecule is COc1ccc(N2CCNC3CCCCC32)cc1. The number of ether oxygens (including phenoxy) is 1. The first-order valence-electron chi connectivity index (χ1n) is 7.02. The van der Waals surface area contributed by atoms with Crippen LogP contribution in [0, 0.1) is 0 Å². The van der Waals surface area contributed by atoms with Gasteiger partial charge in [-0.2, -0.15) is 0 Å². The minimum absolute atomic E-state index is 0.681. The Kier molecular flexibility index (Phi) is 3.41. The summed E-state index contributed by atoms with van der Waals surface area (Å²) in [6, 6.07) is 9.88. The maximum absolute atomic E-state index is 5.23. The summed E-state index contributed by atoms with van der Waals surface area (Å²) in [6.45, 7) is 2.22. The minimum Gasteiger partial charge on any atom is -0.497 e. The Morgan fingerprint density at radius 2 is 1.94 bits per heavy atom. The van der Waals surface area contributed by atoms with Gasteiger partial charge in [0.05, 0.1) is 7.11 Å². The van der Waals surface area contributed by atoms with Crippen LogP contribution in [0.1, 0.15) is 25.7 Å². The van der Waals surface area contributed by atoms with Gasteiger partial charge in [-0.3, -0.25) is 0 Å². The fourth-order valence-electron chi connectivity index (χ4n) is 3.35. The molecule has 1 N–H and O–H groups in total. The molecule has 1 aromatic rings. The molecule has 2 fully saturated rings. The highest BCUT2D eigenvalue weighted by Crippen LogP contribution is 2.30. The Hall–Kier alpha value is -1.22. The largest absolute Gasteiger partial charge is 0.497 e. The van der Waals surface area contributed by atoms with Crippen molar-refractivity contribution in [1.82, 2.24) is 5.32 Å². The van der Waals surface area contributed by atoms with Gasteiger partial charge >= 0.3 is 0 Å². The van der Waals surface area contributed by atoms with E-state index in [1.54, 1.807) is 7.11 Å². The van der Waals surface area contributed by atoms with Crippen molar-refractivity contribution < 1.29 is 4.74 Å². The van der Waals surface area contributed by atoms with Crippen molar-refractivity contribution in [1.29, 1.82) is 0 Å². The number of piperazine rings is 1. The molecule has 1 saturated heterocycles. The molecule has 3 rings (SSSR count). The van der Waals surface area contributed by atoms with E-state index in [1.807, 2.05) is 0 Å². The molecule has 1 aromatic carbocycles. The van der Waals surface area contributed by atoms with E-state index < -0.39 is 0 Å². The predicted octanol–water partition coefficient (Wildman–Crippen LogP) is 2.42. The third kappa shape index (κ3) is 2.19. The summed E-state index contributed by atoms with van der Waals surface area (Å²) in [4.78, 5) is 2.58. The van der Waals surface area contributed by atoms with E-state index in [4.69, 9.17) is 4.74 Å². The number of rotatable bonds is 2. The Balaban J connectivity index is 1.80. The van der Waals surface area contributed by atoms with Gasteiger partial charge in [-0.15, -0.1) is 0 Å². The van der Waals surface area contributed by atoms with Crippen LogP contribution in [0.15, 0.2) is 24.3 Å². The van der Waals surface area contributed by atoms with Crippen molar-refractivity contribution >= 4 is 5.69 Å². The Bertz CT molecular complexity index is 388. The van der Waals surface area contributed by atoms with Crippen LogP contribution in [-0.4, -0.2) is 32.3 Å². The van der Waals surface area contributed by atoms with Crippen LogP contribution < -0.4 is 15.0 Å². The lowest BCUT2D eigenvalue weighted by atomic mass is 9.87. The second-order valence-corrected chi connectivity index (χ2v) is 5.30. The van der Waals surface area contributed by atoms with Gasteiger partial charge in [0, 0.05) is 30.9 Å². The highest BCUT2D eigenvalue weighted by atomic mass is 16.5. The molecule has 0 bridgehead atoms. The number of anilines is 1. The first kappa shape index (κ1) is 11.8. The predicted molar refractivity (Wildman–Crippen MR) is 74.4 cm³/mol. The number of fused-ring (bicyclic) bond motifs is 1. The van der Waals surface area contributed by atoms with Crippen LogP contribution in [0.25, 0.3) is 0 Å². The monoisotopic (exact) mass is 246 g/mol. The van der Waals surface area contributed by atoms with Gasteiger partial charge in [0.1, 0.15) is 5.75 Å². The van der Waals surface area contributed by atoms with Crippen LogP contribution in [0.3, 0.4) is 0 Å². The molecular weight excluding hydrogens is 224 g/mol. The van der Waals surface area contributed by atoms with E-state index in [0.29, 0.717) is 12.1 Å². The summed E-state index contributed by atoms with van der Waals surface area (Å²) < 4.78 is 5.23. The lowest BCUT2D eigenvalue weighted by molar-refractivity contribution is 0.284. The quantitative estimate of drug-likeness (QED) is 0.867. The molecule has 1 aliphatic heterocycles. The fourth-order valence-corrected chi connectivity index (χ4v) is 3.35. The molecule has 98 valence electrons. The topological polar surface area (TPSA) is 24.5 Å². The molecule has 2 atom stereocenters. The van der Waals surface area contributed by atoms with Crippen molar-refractivity contribution in [3.63, 3.8) is 0 Å². The van der Waals surface area contributed by atoms with Crippen LogP contribution in [0.4, 0.5) is 5.69 Å². The number of nitrogens with zero attached hydrogens (tertiary/aromatic N) is 1. The molecular formula is C15H22N2O. The van der Waals surface area contributed by atoms with Crippen LogP contribution in [0.2, 0.25) is 0 Å². The summed E-state index contributed by atoms with van der Waals surface area (Å²) >= 11 is 0. The first-order chi connectivity index (χ1) is 8.88. The van der Waals surface area contributed by atoms with Gasteiger partial charge in [-0.05, 0) is 37.1 Å². The van der Waals surface area contributed by atoms with Crippen LogP contribution in [0.5, 0.6) is 5.75 Å². The van der Waals surface area contributed by atoms with Gasteiger partial charge < -0.3 is 15.0 Å². The van der Waals surface area contributed by atoms with Crippen molar-refractivity contribution in [2.24, 2.45) is 0 Å². The van der Waals surface area contributed by atoms with Crippen molar-refractivity contribution in [3.8, 4) is 5.75 Å². The number of methoxy groups -OCH3 is 1. The van der Waals surface area contributed by atoms with E-state index in [1.165, 1.54) is 31.4 Å². The molecule has 2 aliphatic rings.